The summed E-state index contributed by atoms with van der Waals surface area (Å²) in [4.78, 5) is 0. The molecule has 0 aliphatic heterocycles. The zero-order chi connectivity index (χ0) is 13.3. The predicted molar refractivity (Wildman–Crippen MR) is 66.2 cm³/mol. The van der Waals surface area contributed by atoms with E-state index < -0.39 is 6.43 Å². The molecule has 0 spiro atoms. The number of halogens is 2. The van der Waals surface area contributed by atoms with Crippen molar-refractivity contribution in [3.63, 3.8) is 0 Å². The lowest BCUT2D eigenvalue weighted by atomic mass is 10.0. The summed E-state index contributed by atoms with van der Waals surface area (Å²) in [6.45, 7) is 1.88. The number of alkyl halides is 2. The molecule has 1 heterocycles. The van der Waals surface area contributed by atoms with Crippen LogP contribution in [-0.2, 0) is 7.05 Å². The number of aryl methyl sites for hydroxylation is 1. The Morgan fingerprint density at radius 3 is 2.33 bits per heavy atom. The molecule has 18 heavy (non-hydrogen) atoms. The summed E-state index contributed by atoms with van der Waals surface area (Å²) in [6.07, 6.45) is -1.18. The number of hydrogen-bond acceptors (Lipinski definition) is 2. The molecule has 1 atom stereocenters. The second kappa shape index (κ2) is 4.86. The SMILES string of the molecule is CC(N)c1ccc(-c2nn(C)cc2C(F)F)cc1. The first-order valence-electron chi connectivity index (χ1n) is 5.66. The topological polar surface area (TPSA) is 43.8 Å². The van der Waals surface area contributed by atoms with Crippen LogP contribution in [0.2, 0.25) is 0 Å². The maximum atomic E-state index is 12.9. The van der Waals surface area contributed by atoms with E-state index in [2.05, 4.69) is 5.10 Å². The first-order valence-corrected chi connectivity index (χ1v) is 5.66. The van der Waals surface area contributed by atoms with Gasteiger partial charge < -0.3 is 5.73 Å². The van der Waals surface area contributed by atoms with Gasteiger partial charge in [0, 0.05) is 24.8 Å². The summed E-state index contributed by atoms with van der Waals surface area (Å²) < 4.78 is 27.1. The number of hydrogen-bond donors (Lipinski definition) is 1. The minimum atomic E-state index is -2.53. The smallest absolute Gasteiger partial charge is 0.267 e. The Bertz CT molecular complexity index is 530. The van der Waals surface area contributed by atoms with Crippen LogP contribution in [0.5, 0.6) is 0 Å². The van der Waals surface area contributed by atoms with E-state index in [1.807, 2.05) is 19.1 Å². The van der Waals surface area contributed by atoms with Gasteiger partial charge in [0.2, 0.25) is 0 Å². The van der Waals surface area contributed by atoms with Crippen LogP contribution in [-0.4, -0.2) is 9.78 Å². The second-order valence-electron chi connectivity index (χ2n) is 4.32. The van der Waals surface area contributed by atoms with Gasteiger partial charge in [-0.15, -0.1) is 0 Å². The van der Waals surface area contributed by atoms with Crippen molar-refractivity contribution in [3.05, 3.63) is 41.6 Å². The highest BCUT2D eigenvalue weighted by molar-refractivity contribution is 5.63. The lowest BCUT2D eigenvalue weighted by molar-refractivity contribution is 0.152. The highest BCUT2D eigenvalue weighted by Gasteiger charge is 2.18. The van der Waals surface area contributed by atoms with Crippen LogP contribution >= 0.6 is 0 Å². The van der Waals surface area contributed by atoms with Crippen molar-refractivity contribution < 1.29 is 8.78 Å². The maximum Gasteiger partial charge on any atom is 0.267 e. The minimum absolute atomic E-state index is 0.0500. The minimum Gasteiger partial charge on any atom is -0.324 e. The van der Waals surface area contributed by atoms with Crippen LogP contribution < -0.4 is 5.73 Å². The van der Waals surface area contributed by atoms with Crippen molar-refractivity contribution in [2.24, 2.45) is 12.8 Å². The molecule has 1 aromatic carbocycles. The molecule has 0 saturated heterocycles. The number of benzene rings is 1. The van der Waals surface area contributed by atoms with Crippen LogP contribution in [0.4, 0.5) is 8.78 Å². The molecule has 3 nitrogen and oxygen atoms in total. The molecule has 0 aliphatic carbocycles. The Balaban J connectivity index is 2.42. The molecular formula is C13H15F2N3. The third kappa shape index (κ3) is 2.41. The van der Waals surface area contributed by atoms with Gasteiger partial charge >= 0.3 is 0 Å². The van der Waals surface area contributed by atoms with E-state index >= 15 is 0 Å². The summed E-state index contributed by atoms with van der Waals surface area (Å²) in [5.74, 6) is 0. The van der Waals surface area contributed by atoms with Crippen molar-refractivity contribution in [2.45, 2.75) is 19.4 Å². The molecule has 0 aliphatic rings. The Morgan fingerprint density at radius 1 is 1.22 bits per heavy atom. The normalized spacial score (nSPS) is 13.0. The van der Waals surface area contributed by atoms with Crippen molar-refractivity contribution in [2.75, 3.05) is 0 Å². The molecule has 0 fully saturated rings. The van der Waals surface area contributed by atoms with Crippen LogP contribution in [0.1, 0.15) is 30.5 Å². The van der Waals surface area contributed by atoms with Gasteiger partial charge in [-0.25, -0.2) is 8.78 Å². The van der Waals surface area contributed by atoms with Crippen molar-refractivity contribution in [3.8, 4) is 11.3 Å². The maximum absolute atomic E-state index is 12.9. The molecule has 2 N–H and O–H groups in total. The fraction of sp³-hybridized carbons (Fsp3) is 0.308. The zero-order valence-electron chi connectivity index (χ0n) is 10.3. The van der Waals surface area contributed by atoms with E-state index in [1.54, 1.807) is 19.2 Å². The molecule has 5 heteroatoms. The van der Waals surface area contributed by atoms with E-state index in [0.717, 1.165) is 5.56 Å². The number of rotatable bonds is 3. The molecule has 0 saturated carbocycles. The van der Waals surface area contributed by atoms with Crippen LogP contribution in [0, 0.1) is 0 Å². The predicted octanol–water partition coefficient (Wildman–Crippen LogP) is 3.04. The lowest BCUT2D eigenvalue weighted by Crippen LogP contribution is -2.04. The number of nitrogens with zero attached hydrogens (tertiary/aromatic N) is 2. The second-order valence-corrected chi connectivity index (χ2v) is 4.32. The molecule has 0 amide bonds. The first kappa shape index (κ1) is 12.7. The summed E-state index contributed by atoms with van der Waals surface area (Å²) >= 11 is 0. The summed E-state index contributed by atoms with van der Waals surface area (Å²) in [5, 5.41) is 4.08. The fourth-order valence-electron chi connectivity index (χ4n) is 1.84. The Kier molecular flexibility index (Phi) is 3.43. The molecule has 96 valence electrons. The highest BCUT2D eigenvalue weighted by Crippen LogP contribution is 2.30. The fourth-order valence-corrected chi connectivity index (χ4v) is 1.84. The van der Waals surface area contributed by atoms with Gasteiger partial charge in [-0.05, 0) is 12.5 Å². The lowest BCUT2D eigenvalue weighted by Gasteiger charge is -2.06. The van der Waals surface area contributed by atoms with Gasteiger partial charge in [0.15, 0.2) is 0 Å². The molecule has 1 unspecified atom stereocenters. The number of nitrogens with two attached hydrogens (primary N) is 1. The Morgan fingerprint density at radius 2 is 1.83 bits per heavy atom. The van der Waals surface area contributed by atoms with Crippen LogP contribution in [0.15, 0.2) is 30.5 Å². The molecule has 2 rings (SSSR count). The van der Waals surface area contributed by atoms with Crippen LogP contribution in [0.25, 0.3) is 11.3 Å². The third-order valence-electron chi connectivity index (χ3n) is 2.80. The van der Waals surface area contributed by atoms with Gasteiger partial charge in [0.05, 0.1) is 5.56 Å². The average molecular weight is 251 g/mol. The highest BCUT2D eigenvalue weighted by atomic mass is 19.3. The van der Waals surface area contributed by atoms with Gasteiger partial charge in [-0.2, -0.15) is 5.10 Å². The monoisotopic (exact) mass is 251 g/mol. The molecule has 0 radical (unpaired) electrons. The molecule has 1 aromatic heterocycles. The molecule has 2 aromatic rings. The van der Waals surface area contributed by atoms with Crippen molar-refractivity contribution in [1.82, 2.24) is 9.78 Å². The quantitative estimate of drug-likeness (QED) is 0.911. The number of aromatic nitrogens is 2. The van der Waals surface area contributed by atoms with E-state index in [0.29, 0.717) is 11.3 Å². The molecular weight excluding hydrogens is 236 g/mol. The van der Waals surface area contributed by atoms with Crippen molar-refractivity contribution in [1.29, 1.82) is 0 Å². The zero-order valence-corrected chi connectivity index (χ0v) is 10.3. The third-order valence-corrected chi connectivity index (χ3v) is 2.80. The summed E-state index contributed by atoms with van der Waals surface area (Å²) in [7, 11) is 1.63. The summed E-state index contributed by atoms with van der Waals surface area (Å²) in [6, 6.07) is 7.14. The van der Waals surface area contributed by atoms with Crippen molar-refractivity contribution >= 4 is 0 Å². The van der Waals surface area contributed by atoms with E-state index in [1.165, 1.54) is 10.9 Å². The Labute approximate surface area is 104 Å². The largest absolute Gasteiger partial charge is 0.324 e. The summed E-state index contributed by atoms with van der Waals surface area (Å²) in [5.41, 5.74) is 7.66. The van der Waals surface area contributed by atoms with E-state index in [-0.39, 0.29) is 11.6 Å². The van der Waals surface area contributed by atoms with Crippen LogP contribution in [0.3, 0.4) is 0 Å². The standard InChI is InChI=1S/C13H15F2N3/c1-8(16)9-3-5-10(6-4-9)12-11(13(14)15)7-18(2)17-12/h3-8,13H,16H2,1-2H3. The van der Waals surface area contributed by atoms with Gasteiger partial charge in [-0.3, -0.25) is 4.68 Å². The van der Waals surface area contributed by atoms with Gasteiger partial charge in [-0.1, -0.05) is 24.3 Å². The Hall–Kier alpha value is -1.75. The first-order chi connectivity index (χ1) is 8.49. The average Bonchev–Trinajstić information content (AvgIpc) is 2.71. The van der Waals surface area contributed by atoms with Gasteiger partial charge in [0.25, 0.3) is 6.43 Å². The van der Waals surface area contributed by atoms with Gasteiger partial charge in [0.1, 0.15) is 5.69 Å². The van der Waals surface area contributed by atoms with E-state index in [4.69, 9.17) is 5.73 Å². The van der Waals surface area contributed by atoms with E-state index in [9.17, 15) is 8.78 Å². The molecule has 0 bridgehead atoms.